The van der Waals surface area contributed by atoms with Gasteiger partial charge in [0, 0.05) is 51.3 Å². The number of fused-ring (bicyclic) bond motifs is 8. The van der Waals surface area contributed by atoms with Crippen LogP contribution in [0.25, 0.3) is 71.8 Å². The standard InChI is InChI=1S/C78H84N4O2/c1-73(2,3)50-34-35-79-69(44-50)82-66-33-32-62-61-24-19-22-29-68(61)84-72(62)70(66)63-31-30-57(46-67(63)82)83-58-43-55(78(16,17)18)42-56(45-58)80-47-81(65-28-21-20-27-64(65)80)71-59(48-36-51(74(4,5)6)40-52(37-48)75(7,8)9)25-23-26-60(71)49-38-53(76(10,11)12)41-54(39-49)77(13,14)15/h19-46H,47H2,1-18H3. The monoisotopic (exact) mass is 1110 g/mol. The number of anilines is 4. The van der Waals surface area contributed by atoms with Gasteiger partial charge < -0.3 is 19.0 Å². The van der Waals surface area contributed by atoms with E-state index in [0.717, 1.165) is 78.1 Å². The van der Waals surface area contributed by atoms with E-state index >= 15 is 0 Å². The summed E-state index contributed by atoms with van der Waals surface area (Å²) >= 11 is 0. The third-order valence-corrected chi connectivity index (χ3v) is 17.4. The molecule has 0 N–H and O–H groups in total. The first kappa shape index (κ1) is 56.4. The van der Waals surface area contributed by atoms with Crippen molar-refractivity contribution in [1.82, 2.24) is 9.55 Å². The number of para-hydroxylation sites is 4. The highest BCUT2D eigenvalue weighted by molar-refractivity contribution is 6.24. The van der Waals surface area contributed by atoms with Gasteiger partial charge in [0.05, 0.1) is 33.5 Å². The Balaban J connectivity index is 1.03. The molecule has 1 aliphatic heterocycles. The maximum absolute atomic E-state index is 7.23. The summed E-state index contributed by atoms with van der Waals surface area (Å²) in [5, 5.41) is 4.32. The summed E-state index contributed by atoms with van der Waals surface area (Å²) in [4.78, 5) is 10.1. The minimum Gasteiger partial charge on any atom is -0.457 e. The Morgan fingerprint density at radius 3 is 1.50 bits per heavy atom. The number of ether oxygens (including phenoxy) is 1. The van der Waals surface area contributed by atoms with Gasteiger partial charge in [-0.15, -0.1) is 0 Å². The van der Waals surface area contributed by atoms with Gasteiger partial charge in [0.2, 0.25) is 0 Å². The molecule has 11 aromatic rings. The minimum atomic E-state index is -0.198. The van der Waals surface area contributed by atoms with E-state index < -0.39 is 0 Å². The fourth-order valence-corrected chi connectivity index (χ4v) is 12.2. The van der Waals surface area contributed by atoms with Crippen molar-refractivity contribution in [2.75, 3.05) is 16.5 Å². The van der Waals surface area contributed by atoms with Gasteiger partial charge in [-0.25, -0.2) is 4.98 Å². The summed E-state index contributed by atoms with van der Waals surface area (Å²) in [6.45, 7) is 42.2. The van der Waals surface area contributed by atoms with Crippen LogP contribution in [-0.2, 0) is 32.5 Å². The molecule has 0 amide bonds. The predicted molar refractivity (Wildman–Crippen MR) is 357 cm³/mol. The van der Waals surface area contributed by atoms with E-state index in [4.69, 9.17) is 14.1 Å². The minimum absolute atomic E-state index is 0.0625. The average Bonchev–Trinajstić information content (AvgIpc) is 2.47. The van der Waals surface area contributed by atoms with E-state index in [1.54, 1.807) is 0 Å². The molecule has 0 radical (unpaired) electrons. The van der Waals surface area contributed by atoms with Crippen LogP contribution in [0.3, 0.4) is 0 Å². The second kappa shape index (κ2) is 19.8. The second-order valence-electron chi connectivity index (χ2n) is 30.0. The number of benzene rings is 8. The van der Waals surface area contributed by atoms with Crippen LogP contribution < -0.4 is 14.5 Å². The summed E-state index contributed by atoms with van der Waals surface area (Å²) in [7, 11) is 0. The maximum Gasteiger partial charge on any atom is 0.145 e. The van der Waals surface area contributed by atoms with Gasteiger partial charge in [-0.3, -0.25) is 4.57 Å². The van der Waals surface area contributed by atoms with Crippen molar-refractivity contribution in [1.29, 1.82) is 0 Å². The SMILES string of the molecule is CC(C)(C)c1cc(Oc2ccc3c4c5oc6ccccc6c5ccc4n(-c4cc(C(C)(C)C)ccn4)c3c2)cc(N2CN(c3c(-c4cc(C(C)(C)C)cc(C(C)(C)C)c4)cccc3-c3cc(C(C)(C)C)cc(C(C)(C)C)c3)c3ccccc32)c1. The van der Waals surface area contributed by atoms with Crippen molar-refractivity contribution in [3.63, 3.8) is 0 Å². The maximum atomic E-state index is 7.23. The Hall–Kier alpha value is -8.09. The molecule has 84 heavy (non-hydrogen) atoms. The summed E-state index contributed by atoms with van der Waals surface area (Å²) in [5.41, 5.74) is 20.4. The van der Waals surface area contributed by atoms with Crippen LogP contribution >= 0.6 is 0 Å². The molecule has 0 saturated carbocycles. The van der Waals surface area contributed by atoms with Gasteiger partial charge in [0.15, 0.2) is 0 Å². The summed E-state index contributed by atoms with van der Waals surface area (Å²) in [6.07, 6.45) is 1.94. The Bertz CT molecular complexity index is 4230. The number of hydrogen-bond donors (Lipinski definition) is 0. The first-order chi connectivity index (χ1) is 39.4. The molecule has 0 saturated heterocycles. The summed E-state index contributed by atoms with van der Waals surface area (Å²) in [5.74, 6) is 2.35. The molecule has 6 nitrogen and oxygen atoms in total. The highest BCUT2D eigenvalue weighted by Crippen LogP contribution is 2.53. The number of aromatic nitrogens is 2. The third kappa shape index (κ3) is 10.2. The van der Waals surface area contributed by atoms with Crippen molar-refractivity contribution in [3.8, 4) is 39.6 Å². The highest BCUT2D eigenvalue weighted by atomic mass is 16.5. The molecular weight excluding hydrogens is 1020 g/mol. The summed E-state index contributed by atoms with van der Waals surface area (Å²) in [6, 6.07) is 61.1. The first-order valence-corrected chi connectivity index (χ1v) is 30.2. The topological polar surface area (TPSA) is 46.7 Å². The zero-order valence-electron chi connectivity index (χ0n) is 53.0. The smallest absolute Gasteiger partial charge is 0.145 e. The number of furan rings is 1. The van der Waals surface area contributed by atoms with Gasteiger partial charge in [0.25, 0.3) is 0 Å². The van der Waals surface area contributed by atoms with Crippen LogP contribution in [0, 0.1) is 0 Å². The molecule has 0 aliphatic carbocycles. The van der Waals surface area contributed by atoms with Crippen LogP contribution in [0.15, 0.2) is 174 Å². The van der Waals surface area contributed by atoms with E-state index in [0.29, 0.717) is 6.67 Å². The fraction of sp³-hybridized carbons (Fsp3) is 0.321. The van der Waals surface area contributed by atoms with Gasteiger partial charge in [0.1, 0.15) is 35.2 Å². The van der Waals surface area contributed by atoms with Crippen LogP contribution in [-0.4, -0.2) is 16.2 Å². The lowest BCUT2D eigenvalue weighted by atomic mass is 9.77. The molecule has 0 unspecified atom stereocenters. The lowest BCUT2D eigenvalue weighted by Crippen LogP contribution is -2.25. The van der Waals surface area contributed by atoms with Gasteiger partial charge in [-0.2, -0.15) is 0 Å². The summed E-state index contributed by atoms with van der Waals surface area (Å²) < 4.78 is 16.3. The van der Waals surface area contributed by atoms with Crippen molar-refractivity contribution in [3.05, 3.63) is 203 Å². The first-order valence-electron chi connectivity index (χ1n) is 30.2. The highest BCUT2D eigenvalue weighted by Gasteiger charge is 2.34. The third-order valence-electron chi connectivity index (χ3n) is 17.4. The predicted octanol–water partition coefficient (Wildman–Crippen LogP) is 22.2. The van der Waals surface area contributed by atoms with Crippen LogP contribution in [0.1, 0.15) is 158 Å². The lowest BCUT2D eigenvalue weighted by Gasteiger charge is -2.31. The quantitative estimate of drug-likeness (QED) is 0.159. The van der Waals surface area contributed by atoms with Crippen molar-refractivity contribution < 1.29 is 9.15 Å². The van der Waals surface area contributed by atoms with Crippen LogP contribution in [0.5, 0.6) is 11.5 Å². The van der Waals surface area contributed by atoms with E-state index in [1.807, 2.05) is 12.3 Å². The average molecular weight is 1110 g/mol. The van der Waals surface area contributed by atoms with E-state index in [2.05, 4.69) is 297 Å². The Morgan fingerprint density at radius 1 is 0.405 bits per heavy atom. The van der Waals surface area contributed by atoms with Crippen LogP contribution in [0.4, 0.5) is 22.7 Å². The second-order valence-corrected chi connectivity index (χ2v) is 30.0. The van der Waals surface area contributed by atoms with Gasteiger partial charge in [-0.1, -0.05) is 210 Å². The zero-order chi connectivity index (χ0) is 59.8. The molecule has 12 rings (SSSR count). The van der Waals surface area contributed by atoms with Crippen LogP contribution in [0.2, 0.25) is 0 Å². The number of nitrogens with zero attached hydrogens (tertiary/aromatic N) is 4. The van der Waals surface area contributed by atoms with Gasteiger partial charge in [-0.05, 0) is 144 Å². The molecule has 3 aromatic heterocycles. The molecule has 0 atom stereocenters. The molecule has 1 aliphatic rings. The number of rotatable bonds is 7. The molecule has 0 spiro atoms. The molecule has 6 heteroatoms. The molecule has 0 bridgehead atoms. The largest absolute Gasteiger partial charge is 0.457 e. The van der Waals surface area contributed by atoms with E-state index in [1.165, 1.54) is 61.3 Å². The van der Waals surface area contributed by atoms with E-state index in [9.17, 15) is 0 Å². The number of pyridine rings is 1. The molecular formula is C78H84N4O2. The fourth-order valence-electron chi connectivity index (χ4n) is 12.2. The molecule has 4 heterocycles. The van der Waals surface area contributed by atoms with Crippen molar-refractivity contribution >= 4 is 66.5 Å². The lowest BCUT2D eigenvalue weighted by molar-refractivity contribution is 0.479. The molecule has 8 aromatic carbocycles. The van der Waals surface area contributed by atoms with E-state index in [-0.39, 0.29) is 32.5 Å². The van der Waals surface area contributed by atoms with Crippen molar-refractivity contribution in [2.45, 2.75) is 157 Å². The Labute approximate surface area is 499 Å². The normalized spacial score (nSPS) is 13.7. The zero-order valence-corrected chi connectivity index (χ0v) is 53.0. The van der Waals surface area contributed by atoms with Gasteiger partial charge >= 0.3 is 0 Å². The molecule has 0 fully saturated rings. The number of hydrogen-bond acceptors (Lipinski definition) is 5. The van der Waals surface area contributed by atoms with Crippen molar-refractivity contribution in [2.24, 2.45) is 0 Å². The molecule has 428 valence electrons. The Morgan fingerprint density at radius 2 is 0.929 bits per heavy atom. The Kier molecular flexibility index (Phi) is 13.3.